The van der Waals surface area contributed by atoms with E-state index in [0.29, 0.717) is 11.3 Å². The molecule has 0 saturated heterocycles. The molecule has 13 aromatic rings. The van der Waals surface area contributed by atoms with Gasteiger partial charge in [0.2, 0.25) is 0 Å². The number of nitrogens with zero attached hydrogens (tertiary/aromatic N) is 4. The van der Waals surface area contributed by atoms with Crippen molar-refractivity contribution in [3.05, 3.63) is 324 Å². The first-order valence-electron chi connectivity index (χ1n) is 37.1. The molecule has 0 atom stereocenters. The zero-order valence-electron chi connectivity index (χ0n) is 63.4. The van der Waals surface area contributed by atoms with Gasteiger partial charge in [-0.3, -0.25) is 0 Å². The van der Waals surface area contributed by atoms with Crippen molar-refractivity contribution < 1.29 is 0 Å². The van der Waals surface area contributed by atoms with Crippen LogP contribution in [-0.2, 0) is 27.1 Å². The lowest BCUT2D eigenvalue weighted by molar-refractivity contribution is 0.590. The van der Waals surface area contributed by atoms with Gasteiger partial charge in [0.25, 0.3) is 6.71 Å². The number of fused-ring (bicyclic) bond motifs is 4. The Balaban J connectivity index is 1.17. The van der Waals surface area contributed by atoms with Gasteiger partial charge in [0.05, 0.1) is 29.6 Å². The molecule has 0 fully saturated rings. The van der Waals surface area contributed by atoms with Crippen molar-refractivity contribution >= 4 is 62.9 Å². The van der Waals surface area contributed by atoms with E-state index in [0.717, 1.165) is 123 Å². The molecule has 514 valence electrons. The van der Waals surface area contributed by atoms with Gasteiger partial charge in [0.15, 0.2) is 5.69 Å². The van der Waals surface area contributed by atoms with Gasteiger partial charge < -0.3 is 9.80 Å². The Labute approximate surface area is 623 Å². The number of benzene rings is 13. The highest BCUT2D eigenvalue weighted by Crippen LogP contribution is 2.56. The van der Waals surface area contributed by atoms with Gasteiger partial charge >= 0.3 is 0 Å². The fourth-order valence-electron chi connectivity index (χ4n) is 15.6. The lowest BCUT2D eigenvalue weighted by Gasteiger charge is -2.46. The van der Waals surface area contributed by atoms with Crippen LogP contribution >= 0.6 is 0 Å². The number of anilines is 6. The Bertz CT molecular complexity index is 5170. The van der Waals surface area contributed by atoms with Crippen LogP contribution in [0.1, 0.15) is 137 Å². The molecule has 15 rings (SSSR count). The molecule has 4 nitrogen and oxygen atoms in total. The highest BCUT2D eigenvalue weighted by Gasteiger charge is 2.47. The summed E-state index contributed by atoms with van der Waals surface area (Å²) in [6, 6.07) is 107. The van der Waals surface area contributed by atoms with Crippen molar-refractivity contribution in [2.45, 2.75) is 131 Å². The van der Waals surface area contributed by atoms with E-state index in [1.54, 1.807) is 0 Å². The summed E-state index contributed by atoms with van der Waals surface area (Å²) >= 11 is 0. The molecule has 0 saturated carbocycles. The van der Waals surface area contributed by atoms with E-state index in [9.17, 15) is 5.26 Å². The Morgan fingerprint density at radius 3 is 0.962 bits per heavy atom. The second-order valence-electron chi connectivity index (χ2n) is 34.1. The monoisotopic (exact) mass is 1360 g/mol. The Hall–Kier alpha value is -11.5. The van der Waals surface area contributed by atoms with Gasteiger partial charge in [-0.15, -0.1) is 0 Å². The second-order valence-corrected chi connectivity index (χ2v) is 34.1. The number of nitriles is 1. The average molecular weight is 1360 g/mol. The summed E-state index contributed by atoms with van der Waals surface area (Å²) in [5.74, 6) is 0. The van der Waals surface area contributed by atoms with E-state index in [4.69, 9.17) is 6.57 Å². The highest BCUT2D eigenvalue weighted by molar-refractivity contribution is 7.00. The van der Waals surface area contributed by atoms with Crippen LogP contribution in [0.2, 0.25) is 0 Å². The van der Waals surface area contributed by atoms with Crippen molar-refractivity contribution in [1.29, 1.82) is 5.26 Å². The van der Waals surface area contributed by atoms with E-state index in [-0.39, 0.29) is 33.8 Å². The Kier molecular flexibility index (Phi) is 17.4. The fraction of sp³-hybridized carbons (Fsp3) is 0.200. The molecule has 0 unspecified atom stereocenters. The molecular formula is C100H91BN4. The van der Waals surface area contributed by atoms with Gasteiger partial charge in [-0.05, 0) is 205 Å². The van der Waals surface area contributed by atoms with Crippen LogP contribution in [0.5, 0.6) is 0 Å². The molecule has 13 aromatic carbocycles. The van der Waals surface area contributed by atoms with Crippen LogP contribution in [0, 0.1) is 17.9 Å². The summed E-state index contributed by atoms with van der Waals surface area (Å²) in [7, 11) is 0. The highest BCUT2D eigenvalue weighted by atomic mass is 15.2. The molecule has 0 amide bonds. The van der Waals surface area contributed by atoms with Crippen molar-refractivity contribution in [3.63, 3.8) is 0 Å². The van der Waals surface area contributed by atoms with E-state index >= 15 is 0 Å². The molecule has 2 aliphatic rings. The number of hydrogen-bond acceptors (Lipinski definition) is 3. The van der Waals surface area contributed by atoms with Crippen LogP contribution < -0.4 is 26.2 Å². The molecule has 0 aliphatic carbocycles. The molecule has 0 bridgehead atoms. The first kappa shape index (κ1) is 69.2. The standard InChI is InChI=1S/C100H91BN4/c1-96(2,3)77-40-24-36-71(50-77)83-55-75(67-34-23-29-64(49-67)63-102)56-84(72-37-25-41-78(51-72)97(4,5)6)94(83)104-89-47-45-69(65-30-19-17-20-31-65)59-87(89)101-88-60-70(66-32-21-18-22-33-66)46-48-90(88)105(92-62-81(100(13,14)15)61-91(104)93(92)101)95-85(73-38-26-42-79(52-73)98(7,8)9)57-76(68-35-28-44-82(54-68)103-16)58-86(95)74-39-27-43-80(53-74)99(10,11)12/h17-62H,1-15H3. The molecule has 0 aromatic heterocycles. The van der Waals surface area contributed by atoms with Gasteiger partial charge in [0.1, 0.15) is 0 Å². The maximum absolute atomic E-state index is 10.6. The van der Waals surface area contributed by atoms with Crippen molar-refractivity contribution in [3.8, 4) is 95.1 Å². The van der Waals surface area contributed by atoms with Gasteiger partial charge in [-0.25, -0.2) is 4.85 Å². The minimum absolute atomic E-state index is 0.172. The topological polar surface area (TPSA) is 34.6 Å². The molecule has 2 heterocycles. The summed E-state index contributed by atoms with van der Waals surface area (Å²) < 4.78 is 0. The summed E-state index contributed by atoms with van der Waals surface area (Å²) in [4.78, 5) is 9.38. The smallest absolute Gasteiger partial charge is 0.252 e. The third kappa shape index (κ3) is 13.1. The minimum Gasteiger partial charge on any atom is -0.310 e. The first-order valence-corrected chi connectivity index (χ1v) is 37.1. The maximum atomic E-state index is 10.6. The predicted octanol–water partition coefficient (Wildman–Crippen LogP) is 26.0. The summed E-state index contributed by atoms with van der Waals surface area (Å²) in [5.41, 5.74) is 33.6. The van der Waals surface area contributed by atoms with Crippen LogP contribution in [0.3, 0.4) is 0 Å². The third-order valence-electron chi connectivity index (χ3n) is 21.6. The largest absolute Gasteiger partial charge is 0.310 e. The summed E-state index contributed by atoms with van der Waals surface area (Å²) in [5, 5.41) is 10.6. The van der Waals surface area contributed by atoms with E-state index < -0.39 is 0 Å². The first-order chi connectivity index (χ1) is 50.1. The number of hydrogen-bond donors (Lipinski definition) is 0. The van der Waals surface area contributed by atoms with E-state index in [1.165, 1.54) is 44.2 Å². The molecule has 2 aliphatic heterocycles. The Morgan fingerprint density at radius 1 is 0.286 bits per heavy atom. The van der Waals surface area contributed by atoms with Crippen molar-refractivity contribution in [1.82, 2.24) is 0 Å². The maximum Gasteiger partial charge on any atom is 0.252 e. The molecular weight excluding hydrogens is 1270 g/mol. The molecule has 0 N–H and O–H groups in total. The lowest BCUT2D eigenvalue weighted by Crippen LogP contribution is -2.61. The quantitative estimate of drug-likeness (QED) is 0.101. The van der Waals surface area contributed by atoms with Crippen molar-refractivity contribution in [2.24, 2.45) is 0 Å². The van der Waals surface area contributed by atoms with Crippen LogP contribution in [-0.4, -0.2) is 6.71 Å². The van der Waals surface area contributed by atoms with Gasteiger partial charge in [-0.1, -0.05) is 316 Å². The molecule has 0 spiro atoms. The minimum atomic E-state index is -0.373. The van der Waals surface area contributed by atoms with Gasteiger partial charge in [0, 0.05) is 45.0 Å². The third-order valence-corrected chi connectivity index (χ3v) is 21.6. The Morgan fingerprint density at radius 2 is 0.610 bits per heavy atom. The van der Waals surface area contributed by atoms with Crippen LogP contribution in [0.25, 0.3) is 93.9 Å². The molecule has 0 radical (unpaired) electrons. The molecule has 105 heavy (non-hydrogen) atoms. The zero-order chi connectivity index (χ0) is 73.6. The van der Waals surface area contributed by atoms with E-state index in [1.807, 2.05) is 30.3 Å². The van der Waals surface area contributed by atoms with Gasteiger partial charge in [-0.2, -0.15) is 5.26 Å². The number of rotatable bonds is 10. The summed E-state index contributed by atoms with van der Waals surface area (Å²) in [6.07, 6.45) is 0. The van der Waals surface area contributed by atoms with Crippen molar-refractivity contribution in [2.75, 3.05) is 9.80 Å². The van der Waals surface area contributed by atoms with Crippen LogP contribution in [0.4, 0.5) is 39.8 Å². The van der Waals surface area contributed by atoms with E-state index in [2.05, 4.69) is 373 Å². The zero-order valence-corrected chi connectivity index (χ0v) is 63.4. The second kappa shape index (κ2) is 26.3. The SMILES string of the molecule is [C-]#[N+]c1cccc(-c2cc(-c3cccc(C(C)(C)C)c3)c(N3c4ccc(-c5ccccc5)cc4B4c5cc(-c6ccccc6)ccc5N(c5c(-c6cccc(C(C)(C)C)c6)cc(-c6cccc(C#N)c6)cc5-c5cccc(C(C)(C)C)c5)c5cc(C(C)(C)C)cc3c54)c(-c3cccc(C(C)(C)C)c3)c2)c1. The lowest BCUT2D eigenvalue weighted by atomic mass is 9.33. The van der Waals surface area contributed by atoms with Crippen LogP contribution in [0.15, 0.2) is 279 Å². The normalized spacial score (nSPS) is 12.8. The fourth-order valence-corrected chi connectivity index (χ4v) is 15.6. The predicted molar refractivity (Wildman–Crippen MR) is 448 cm³/mol. The summed E-state index contributed by atoms with van der Waals surface area (Å²) in [6.45, 7) is 42.8. The average Bonchev–Trinajstić information content (AvgIpc) is 0.686. The molecule has 5 heteroatoms.